The molecule has 2 aromatic heterocycles. The van der Waals surface area contributed by atoms with E-state index in [2.05, 4.69) is 40.5 Å². The van der Waals surface area contributed by atoms with Gasteiger partial charge in [0.25, 0.3) is 0 Å². The van der Waals surface area contributed by atoms with Crippen LogP contribution in [0.3, 0.4) is 0 Å². The van der Waals surface area contributed by atoms with Crippen molar-refractivity contribution in [3.63, 3.8) is 0 Å². The van der Waals surface area contributed by atoms with E-state index in [1.165, 1.54) is 32.7 Å². The Morgan fingerprint density at radius 1 is 1.11 bits per heavy atom. The third kappa shape index (κ3) is 3.09. The van der Waals surface area contributed by atoms with Crippen molar-refractivity contribution in [1.82, 2.24) is 24.1 Å². The summed E-state index contributed by atoms with van der Waals surface area (Å²) in [6.45, 7) is 0.999. The van der Waals surface area contributed by atoms with Crippen molar-refractivity contribution in [3.05, 3.63) is 48.3 Å². The highest BCUT2D eigenvalue weighted by atomic mass is 32.2. The van der Waals surface area contributed by atoms with Gasteiger partial charge in [0.1, 0.15) is 5.01 Å². The van der Waals surface area contributed by atoms with Crippen LogP contribution in [0.1, 0.15) is 24.6 Å². The predicted octanol–water partition coefficient (Wildman–Crippen LogP) is 3.15. The molecule has 1 atom stereocenters. The second kappa shape index (κ2) is 6.61. The lowest BCUT2D eigenvalue weighted by molar-refractivity contribution is 0.309. The molecule has 3 heterocycles. The number of nitrogens with zero attached hydrogens (tertiary/aromatic N) is 5. The van der Waals surface area contributed by atoms with E-state index in [4.69, 9.17) is 5.10 Å². The van der Waals surface area contributed by atoms with Gasteiger partial charge in [-0.2, -0.15) is 9.61 Å². The molecule has 0 radical (unpaired) electrons. The van der Waals surface area contributed by atoms with Gasteiger partial charge in [0.05, 0.1) is 6.26 Å². The van der Waals surface area contributed by atoms with Crippen LogP contribution in [0, 0.1) is 0 Å². The summed E-state index contributed by atoms with van der Waals surface area (Å²) in [6.07, 6.45) is 2.96. The zero-order valence-electron chi connectivity index (χ0n) is 15.3. The minimum Gasteiger partial charge on any atom is -0.213 e. The highest BCUT2D eigenvalue weighted by Crippen LogP contribution is 2.32. The fourth-order valence-corrected chi connectivity index (χ4v) is 5.53. The van der Waals surface area contributed by atoms with Crippen LogP contribution in [0.4, 0.5) is 0 Å². The van der Waals surface area contributed by atoms with Crippen LogP contribution in [0.15, 0.2) is 42.5 Å². The Hall–Kier alpha value is -2.36. The summed E-state index contributed by atoms with van der Waals surface area (Å²) in [6, 6.07) is 14.5. The zero-order chi connectivity index (χ0) is 19.3. The van der Waals surface area contributed by atoms with Gasteiger partial charge in [0.15, 0.2) is 5.82 Å². The highest BCUT2D eigenvalue weighted by Gasteiger charge is 2.30. The number of piperidine rings is 1. The number of sulfonamides is 1. The Kier molecular flexibility index (Phi) is 4.18. The number of hydrogen-bond acceptors (Lipinski definition) is 6. The van der Waals surface area contributed by atoms with E-state index >= 15 is 0 Å². The molecule has 0 saturated carbocycles. The number of hydrogen-bond donors (Lipinski definition) is 0. The molecule has 0 N–H and O–H groups in total. The van der Waals surface area contributed by atoms with Crippen molar-refractivity contribution in [1.29, 1.82) is 0 Å². The van der Waals surface area contributed by atoms with E-state index in [-0.39, 0.29) is 5.92 Å². The van der Waals surface area contributed by atoms with Gasteiger partial charge in [-0.05, 0) is 29.7 Å². The van der Waals surface area contributed by atoms with Gasteiger partial charge < -0.3 is 0 Å². The normalized spacial score (nSPS) is 18.8. The summed E-state index contributed by atoms with van der Waals surface area (Å²) in [4.78, 5) is 0.731. The number of fused-ring (bicyclic) bond motifs is 2. The molecule has 4 aromatic rings. The lowest BCUT2D eigenvalue weighted by Crippen LogP contribution is -2.38. The summed E-state index contributed by atoms with van der Waals surface area (Å²) in [5.74, 6) is 0.747. The van der Waals surface area contributed by atoms with E-state index in [0.717, 1.165) is 34.2 Å². The molecular formula is C19H19N5O2S2. The van der Waals surface area contributed by atoms with Gasteiger partial charge in [-0.3, -0.25) is 0 Å². The Morgan fingerprint density at radius 3 is 2.75 bits per heavy atom. The molecule has 0 amide bonds. The molecule has 1 saturated heterocycles. The maximum Gasteiger partial charge on any atom is 0.234 e. The smallest absolute Gasteiger partial charge is 0.213 e. The molecule has 1 aliphatic rings. The molecule has 0 spiro atoms. The fourth-order valence-electron chi connectivity index (χ4n) is 3.78. The van der Waals surface area contributed by atoms with E-state index in [1.54, 1.807) is 4.52 Å². The van der Waals surface area contributed by atoms with Crippen molar-refractivity contribution in [2.75, 3.05) is 19.3 Å². The number of rotatable bonds is 3. The van der Waals surface area contributed by atoms with E-state index in [9.17, 15) is 8.42 Å². The quantitative estimate of drug-likeness (QED) is 0.515. The van der Waals surface area contributed by atoms with Crippen molar-refractivity contribution in [3.8, 4) is 10.6 Å². The summed E-state index contributed by atoms with van der Waals surface area (Å²) in [7, 11) is -3.20. The van der Waals surface area contributed by atoms with Crippen molar-refractivity contribution in [2.24, 2.45) is 0 Å². The molecule has 7 nitrogen and oxygen atoms in total. The lowest BCUT2D eigenvalue weighted by atomic mass is 9.99. The second-order valence-electron chi connectivity index (χ2n) is 7.18. The first-order valence-corrected chi connectivity index (χ1v) is 11.8. The Balaban J connectivity index is 1.51. The molecular weight excluding hydrogens is 394 g/mol. The SMILES string of the molecule is CS(=O)(=O)N1CCCC(c2nnc3sc(-c4ccc5ccccc5c4)nn23)C1. The molecule has 0 aliphatic carbocycles. The minimum atomic E-state index is -3.20. The van der Waals surface area contributed by atoms with Gasteiger partial charge in [0, 0.05) is 24.6 Å². The molecule has 1 unspecified atom stereocenters. The third-order valence-corrected chi connectivity index (χ3v) is 7.45. The molecule has 2 aromatic carbocycles. The van der Waals surface area contributed by atoms with Gasteiger partial charge in [0.2, 0.25) is 15.0 Å². The summed E-state index contributed by atoms with van der Waals surface area (Å²) in [5.41, 5.74) is 1.04. The topological polar surface area (TPSA) is 80.5 Å². The molecule has 1 fully saturated rings. The highest BCUT2D eigenvalue weighted by molar-refractivity contribution is 7.88. The molecule has 1 aliphatic heterocycles. The standard InChI is InChI=1S/C19H19N5O2S2/c1-28(25,26)23-10-4-7-16(12-23)17-20-21-19-24(17)22-18(27-19)15-9-8-13-5-2-3-6-14(13)11-15/h2-3,5-6,8-9,11,16H,4,7,10,12H2,1H3. The zero-order valence-corrected chi connectivity index (χ0v) is 16.9. The number of benzene rings is 2. The van der Waals surface area contributed by atoms with E-state index in [1.807, 2.05) is 12.1 Å². The average molecular weight is 414 g/mol. The van der Waals surface area contributed by atoms with Gasteiger partial charge in [-0.1, -0.05) is 47.7 Å². The fraction of sp³-hybridized carbons (Fsp3) is 0.316. The van der Waals surface area contributed by atoms with Crippen molar-refractivity contribution in [2.45, 2.75) is 18.8 Å². The second-order valence-corrected chi connectivity index (χ2v) is 10.1. The minimum absolute atomic E-state index is 0.00466. The first-order chi connectivity index (χ1) is 13.5. The third-order valence-electron chi connectivity index (χ3n) is 5.23. The summed E-state index contributed by atoms with van der Waals surface area (Å²) < 4.78 is 27.2. The molecule has 144 valence electrons. The summed E-state index contributed by atoms with van der Waals surface area (Å²) in [5, 5.41) is 16.6. The van der Waals surface area contributed by atoms with Crippen LogP contribution in [-0.4, -0.2) is 51.9 Å². The first-order valence-electron chi connectivity index (χ1n) is 9.15. The van der Waals surface area contributed by atoms with Crippen LogP contribution >= 0.6 is 11.3 Å². The Labute approximate surface area is 166 Å². The maximum absolute atomic E-state index is 11.9. The van der Waals surface area contributed by atoms with Gasteiger partial charge >= 0.3 is 0 Å². The van der Waals surface area contributed by atoms with Crippen LogP contribution in [0.5, 0.6) is 0 Å². The van der Waals surface area contributed by atoms with Crippen molar-refractivity contribution < 1.29 is 8.42 Å². The average Bonchev–Trinajstić information content (AvgIpc) is 3.28. The van der Waals surface area contributed by atoms with Crippen LogP contribution < -0.4 is 0 Å². The lowest BCUT2D eigenvalue weighted by Gasteiger charge is -2.29. The Morgan fingerprint density at radius 2 is 1.93 bits per heavy atom. The van der Waals surface area contributed by atoms with Gasteiger partial charge in [-0.15, -0.1) is 10.2 Å². The molecule has 9 heteroatoms. The van der Waals surface area contributed by atoms with E-state index in [0.29, 0.717) is 13.1 Å². The summed E-state index contributed by atoms with van der Waals surface area (Å²) >= 11 is 1.50. The Bertz CT molecular complexity index is 1280. The monoisotopic (exact) mass is 413 g/mol. The molecule has 5 rings (SSSR count). The van der Waals surface area contributed by atoms with Crippen LogP contribution in [0.25, 0.3) is 26.3 Å². The van der Waals surface area contributed by atoms with Gasteiger partial charge in [-0.25, -0.2) is 12.7 Å². The maximum atomic E-state index is 11.9. The molecule has 28 heavy (non-hydrogen) atoms. The number of aromatic nitrogens is 4. The predicted molar refractivity (Wildman–Crippen MR) is 110 cm³/mol. The van der Waals surface area contributed by atoms with Crippen molar-refractivity contribution >= 4 is 37.1 Å². The molecule has 0 bridgehead atoms. The van der Waals surface area contributed by atoms with Crippen LogP contribution in [0.2, 0.25) is 0 Å². The van der Waals surface area contributed by atoms with E-state index < -0.39 is 10.0 Å². The first kappa shape index (κ1) is 17.7. The van der Waals surface area contributed by atoms with Crippen LogP contribution in [-0.2, 0) is 10.0 Å². The largest absolute Gasteiger partial charge is 0.234 e.